The minimum Gasteiger partial charge on any atom is -0.507 e. The number of aryl methyl sites for hydroxylation is 1. The van der Waals surface area contributed by atoms with Crippen molar-refractivity contribution in [3.8, 4) is 5.75 Å². The lowest BCUT2D eigenvalue weighted by Gasteiger charge is -2.01. The Morgan fingerprint density at radius 2 is 2.21 bits per heavy atom. The smallest absolute Gasteiger partial charge is 0.124 e. The summed E-state index contributed by atoms with van der Waals surface area (Å²) < 4.78 is 2.07. The Kier molecular flexibility index (Phi) is 2.17. The van der Waals surface area contributed by atoms with E-state index in [-0.39, 0.29) is 0 Å². The topological polar surface area (TPSA) is 51.2 Å². The van der Waals surface area contributed by atoms with Crippen LogP contribution >= 0.6 is 0 Å². The minimum absolute atomic E-state index is 0.335. The number of nitrogens with two attached hydrogens (primary N) is 1. The molecule has 1 aromatic heterocycles. The van der Waals surface area contributed by atoms with Crippen molar-refractivity contribution in [1.82, 2.24) is 4.57 Å². The molecule has 1 aromatic carbocycles. The van der Waals surface area contributed by atoms with E-state index in [4.69, 9.17) is 5.73 Å². The summed E-state index contributed by atoms with van der Waals surface area (Å²) in [5, 5.41) is 10.5. The molecular weight excluding hydrogens is 176 g/mol. The number of hydrogen-bond acceptors (Lipinski definition) is 2. The zero-order chi connectivity index (χ0) is 10.1. The Hall–Kier alpha value is -1.48. The standard InChI is InChI=1S/C11H14N2O/c1-13-8(5-6-12)7-9-10(13)3-2-4-11(9)14/h2-4,7,14H,5-6,12H2,1H3. The third-order valence-electron chi connectivity index (χ3n) is 2.56. The van der Waals surface area contributed by atoms with E-state index in [2.05, 4.69) is 4.57 Å². The molecule has 0 amide bonds. The summed E-state index contributed by atoms with van der Waals surface area (Å²) in [5.41, 5.74) is 7.72. The van der Waals surface area contributed by atoms with Crippen LogP contribution in [0.15, 0.2) is 24.3 Å². The molecule has 3 heteroatoms. The van der Waals surface area contributed by atoms with Gasteiger partial charge in [-0.05, 0) is 31.2 Å². The number of aromatic hydroxyl groups is 1. The lowest BCUT2D eigenvalue weighted by Crippen LogP contribution is -2.06. The van der Waals surface area contributed by atoms with Gasteiger partial charge in [-0.1, -0.05) is 6.07 Å². The molecule has 0 aliphatic heterocycles. The molecule has 0 fully saturated rings. The van der Waals surface area contributed by atoms with Gasteiger partial charge in [0.1, 0.15) is 5.75 Å². The molecule has 0 bridgehead atoms. The van der Waals surface area contributed by atoms with Crippen molar-refractivity contribution in [2.24, 2.45) is 12.8 Å². The first-order valence-corrected chi connectivity index (χ1v) is 4.70. The van der Waals surface area contributed by atoms with E-state index in [1.807, 2.05) is 25.2 Å². The van der Waals surface area contributed by atoms with E-state index < -0.39 is 0 Å². The number of benzene rings is 1. The largest absolute Gasteiger partial charge is 0.507 e. The first-order chi connectivity index (χ1) is 6.74. The Morgan fingerprint density at radius 3 is 2.86 bits per heavy atom. The quantitative estimate of drug-likeness (QED) is 0.751. The van der Waals surface area contributed by atoms with Crippen molar-refractivity contribution < 1.29 is 5.11 Å². The van der Waals surface area contributed by atoms with Crippen LogP contribution in [0.25, 0.3) is 10.9 Å². The highest BCUT2D eigenvalue weighted by Gasteiger charge is 2.07. The van der Waals surface area contributed by atoms with Crippen LogP contribution in [-0.4, -0.2) is 16.2 Å². The molecule has 0 spiro atoms. The monoisotopic (exact) mass is 190 g/mol. The molecule has 2 aromatic rings. The van der Waals surface area contributed by atoms with Crippen LogP contribution in [0.3, 0.4) is 0 Å². The molecule has 0 unspecified atom stereocenters. The van der Waals surface area contributed by atoms with Crippen molar-refractivity contribution in [3.05, 3.63) is 30.0 Å². The van der Waals surface area contributed by atoms with Crippen LogP contribution in [0.1, 0.15) is 5.69 Å². The van der Waals surface area contributed by atoms with Crippen molar-refractivity contribution in [3.63, 3.8) is 0 Å². The first kappa shape index (κ1) is 9.09. The van der Waals surface area contributed by atoms with E-state index in [0.29, 0.717) is 12.3 Å². The number of hydrogen-bond donors (Lipinski definition) is 2. The van der Waals surface area contributed by atoms with Gasteiger partial charge in [0.25, 0.3) is 0 Å². The van der Waals surface area contributed by atoms with Crippen LogP contribution in [0.4, 0.5) is 0 Å². The predicted molar refractivity (Wildman–Crippen MR) is 57.3 cm³/mol. The molecule has 3 nitrogen and oxygen atoms in total. The van der Waals surface area contributed by atoms with Gasteiger partial charge in [-0.3, -0.25) is 0 Å². The maximum atomic E-state index is 9.63. The van der Waals surface area contributed by atoms with Crippen LogP contribution in [0, 0.1) is 0 Å². The molecule has 0 aliphatic carbocycles. The summed E-state index contributed by atoms with van der Waals surface area (Å²) in [4.78, 5) is 0. The lowest BCUT2D eigenvalue weighted by atomic mass is 10.2. The number of phenolic OH excluding ortho intramolecular Hbond substituents is 1. The van der Waals surface area contributed by atoms with Gasteiger partial charge in [0, 0.05) is 18.1 Å². The fraction of sp³-hybridized carbons (Fsp3) is 0.273. The molecular formula is C11H14N2O. The van der Waals surface area contributed by atoms with Gasteiger partial charge in [0.15, 0.2) is 0 Å². The van der Waals surface area contributed by atoms with E-state index in [1.165, 1.54) is 0 Å². The average Bonchev–Trinajstić information content (AvgIpc) is 2.48. The summed E-state index contributed by atoms with van der Waals surface area (Å²) in [6, 6.07) is 7.55. The Morgan fingerprint density at radius 1 is 1.43 bits per heavy atom. The second-order valence-corrected chi connectivity index (χ2v) is 3.44. The second-order valence-electron chi connectivity index (χ2n) is 3.44. The summed E-state index contributed by atoms with van der Waals surface area (Å²) in [6.07, 6.45) is 0.838. The summed E-state index contributed by atoms with van der Waals surface area (Å²) >= 11 is 0. The number of phenols is 1. The van der Waals surface area contributed by atoms with Gasteiger partial charge in [0.05, 0.1) is 5.52 Å². The van der Waals surface area contributed by atoms with E-state index >= 15 is 0 Å². The molecule has 3 N–H and O–H groups in total. The lowest BCUT2D eigenvalue weighted by molar-refractivity contribution is 0.481. The Labute approximate surface area is 82.8 Å². The van der Waals surface area contributed by atoms with Crippen molar-refractivity contribution in [1.29, 1.82) is 0 Å². The average molecular weight is 190 g/mol. The molecule has 0 aliphatic rings. The Bertz CT molecular complexity index is 460. The molecule has 0 saturated carbocycles. The van der Waals surface area contributed by atoms with Gasteiger partial charge in [-0.15, -0.1) is 0 Å². The number of fused-ring (bicyclic) bond motifs is 1. The highest BCUT2D eigenvalue weighted by molar-refractivity contribution is 5.87. The van der Waals surface area contributed by atoms with Gasteiger partial charge in [-0.25, -0.2) is 0 Å². The van der Waals surface area contributed by atoms with Crippen LogP contribution in [0.5, 0.6) is 5.75 Å². The molecule has 74 valence electrons. The molecule has 14 heavy (non-hydrogen) atoms. The van der Waals surface area contributed by atoms with E-state index in [9.17, 15) is 5.11 Å². The summed E-state index contributed by atoms with van der Waals surface area (Å²) in [7, 11) is 1.99. The van der Waals surface area contributed by atoms with Crippen LogP contribution in [0.2, 0.25) is 0 Å². The van der Waals surface area contributed by atoms with E-state index in [0.717, 1.165) is 23.0 Å². The van der Waals surface area contributed by atoms with Crippen LogP contribution < -0.4 is 5.73 Å². The first-order valence-electron chi connectivity index (χ1n) is 4.70. The number of nitrogens with zero attached hydrogens (tertiary/aromatic N) is 1. The zero-order valence-electron chi connectivity index (χ0n) is 8.20. The van der Waals surface area contributed by atoms with Crippen molar-refractivity contribution in [2.75, 3.05) is 6.54 Å². The zero-order valence-corrected chi connectivity index (χ0v) is 8.20. The fourth-order valence-corrected chi connectivity index (χ4v) is 1.79. The predicted octanol–water partition coefficient (Wildman–Crippen LogP) is 1.39. The number of rotatable bonds is 2. The normalized spacial score (nSPS) is 11.0. The molecule has 2 rings (SSSR count). The molecule has 0 atom stereocenters. The van der Waals surface area contributed by atoms with Crippen molar-refractivity contribution >= 4 is 10.9 Å². The highest BCUT2D eigenvalue weighted by Crippen LogP contribution is 2.26. The maximum absolute atomic E-state index is 9.63. The van der Waals surface area contributed by atoms with Gasteiger partial charge < -0.3 is 15.4 Å². The summed E-state index contributed by atoms with van der Waals surface area (Å²) in [5.74, 6) is 0.335. The fourth-order valence-electron chi connectivity index (χ4n) is 1.79. The number of aromatic nitrogens is 1. The molecule has 0 saturated heterocycles. The van der Waals surface area contributed by atoms with Gasteiger partial charge >= 0.3 is 0 Å². The third-order valence-corrected chi connectivity index (χ3v) is 2.56. The second kappa shape index (κ2) is 3.35. The Balaban J connectivity index is 2.67. The third kappa shape index (κ3) is 1.26. The maximum Gasteiger partial charge on any atom is 0.124 e. The highest BCUT2D eigenvalue weighted by atomic mass is 16.3. The SMILES string of the molecule is Cn1c(CCN)cc2c(O)cccc21. The van der Waals surface area contributed by atoms with Crippen LogP contribution in [-0.2, 0) is 13.5 Å². The molecule has 0 radical (unpaired) electrons. The van der Waals surface area contributed by atoms with Gasteiger partial charge in [0.2, 0.25) is 0 Å². The van der Waals surface area contributed by atoms with Gasteiger partial charge in [-0.2, -0.15) is 0 Å². The summed E-state index contributed by atoms with van der Waals surface area (Å²) in [6.45, 7) is 0.630. The molecule has 1 heterocycles. The van der Waals surface area contributed by atoms with Crippen molar-refractivity contribution in [2.45, 2.75) is 6.42 Å². The minimum atomic E-state index is 0.335. The van der Waals surface area contributed by atoms with E-state index in [1.54, 1.807) is 6.07 Å².